The summed E-state index contributed by atoms with van der Waals surface area (Å²) < 4.78 is 11.3. The van der Waals surface area contributed by atoms with Gasteiger partial charge in [-0.25, -0.2) is 0 Å². The number of hydrogen-bond acceptors (Lipinski definition) is 3. The van der Waals surface area contributed by atoms with Gasteiger partial charge >= 0.3 is 0 Å². The van der Waals surface area contributed by atoms with Gasteiger partial charge in [0.2, 0.25) is 0 Å². The Morgan fingerprint density at radius 2 is 1.47 bits per heavy atom. The lowest BCUT2D eigenvalue weighted by Gasteiger charge is -2.20. The summed E-state index contributed by atoms with van der Waals surface area (Å²) in [6.45, 7) is 4.68. The molecule has 0 saturated carbocycles. The van der Waals surface area contributed by atoms with Gasteiger partial charge in [-0.15, -0.1) is 0 Å². The van der Waals surface area contributed by atoms with Gasteiger partial charge in [-0.05, 0) is 13.1 Å². The predicted molar refractivity (Wildman–Crippen MR) is 73.2 cm³/mol. The van der Waals surface area contributed by atoms with Crippen molar-refractivity contribution < 1.29 is 9.47 Å². The molecule has 0 atom stereocenters. The highest BCUT2D eigenvalue weighted by Gasteiger charge is 2.01. The lowest BCUT2D eigenvalue weighted by atomic mass is 10.0. The Balaban J connectivity index is 3.28. The minimum atomic E-state index is 0.655. The van der Waals surface area contributed by atoms with Crippen LogP contribution in [-0.2, 0) is 9.47 Å². The summed E-state index contributed by atoms with van der Waals surface area (Å²) in [5, 5.41) is 0. The van der Waals surface area contributed by atoms with Crippen LogP contribution < -0.4 is 0 Å². The third kappa shape index (κ3) is 11.0. The fourth-order valence-electron chi connectivity index (χ4n) is 1.17. The lowest BCUT2D eigenvalue weighted by Crippen LogP contribution is -2.29. The second-order valence-corrected chi connectivity index (χ2v) is 3.67. The molecule has 0 aliphatic rings. The number of halogens is 1. The Morgan fingerprint density at radius 1 is 0.867 bits per heavy atom. The molecule has 0 N–H and O–H groups in total. The SMILES string of the molecule is [B]CCN(CC[B])CCOCCOCI. The Labute approximate surface area is 109 Å². The molecule has 0 bridgehead atoms. The summed E-state index contributed by atoms with van der Waals surface area (Å²) >= 11 is 2.17. The molecular weight excluding hydrogens is 303 g/mol. The van der Waals surface area contributed by atoms with Gasteiger partial charge in [0.25, 0.3) is 0 Å². The maximum atomic E-state index is 5.49. The van der Waals surface area contributed by atoms with Crippen molar-refractivity contribution in [1.29, 1.82) is 0 Å². The number of alkyl halides is 1. The summed E-state index contributed by atoms with van der Waals surface area (Å²) in [6, 6.07) is 0. The van der Waals surface area contributed by atoms with E-state index < -0.39 is 0 Å². The van der Waals surface area contributed by atoms with Crippen LogP contribution in [0.15, 0.2) is 0 Å². The van der Waals surface area contributed by atoms with Crippen molar-refractivity contribution in [2.75, 3.05) is 44.1 Å². The monoisotopic (exact) mass is 321 g/mol. The van der Waals surface area contributed by atoms with Gasteiger partial charge in [0.05, 0.1) is 40.1 Å². The molecule has 0 rings (SSSR count). The molecule has 3 nitrogen and oxygen atoms in total. The molecule has 0 aliphatic carbocycles. The van der Waals surface area contributed by atoms with Gasteiger partial charge in [0.1, 0.15) is 0 Å². The average Bonchev–Trinajstić information content (AvgIpc) is 2.24. The highest BCUT2D eigenvalue weighted by molar-refractivity contribution is 14.1. The van der Waals surface area contributed by atoms with Crippen molar-refractivity contribution >= 4 is 38.3 Å². The maximum Gasteiger partial charge on any atom is 0.0980 e. The predicted octanol–water partition coefficient (Wildman–Crippen LogP) is 0.888. The van der Waals surface area contributed by atoms with Crippen LogP contribution in [0.5, 0.6) is 0 Å². The van der Waals surface area contributed by atoms with Crippen LogP contribution in [0.2, 0.25) is 12.6 Å². The van der Waals surface area contributed by atoms with E-state index in [9.17, 15) is 0 Å². The summed E-state index contributed by atoms with van der Waals surface area (Å²) in [6.07, 6.45) is 1.33. The fraction of sp³-hybridized carbons (Fsp3) is 1.00. The van der Waals surface area contributed by atoms with Crippen LogP contribution in [0.25, 0.3) is 0 Å². The second-order valence-electron chi connectivity index (χ2n) is 3.05. The third-order valence-electron chi connectivity index (χ3n) is 1.89. The molecule has 0 aromatic heterocycles. The van der Waals surface area contributed by atoms with E-state index in [2.05, 4.69) is 27.5 Å². The van der Waals surface area contributed by atoms with E-state index in [-0.39, 0.29) is 0 Å². The fourth-order valence-corrected chi connectivity index (χ4v) is 1.48. The van der Waals surface area contributed by atoms with E-state index in [0.717, 1.165) is 19.6 Å². The van der Waals surface area contributed by atoms with Gasteiger partial charge in [-0.1, -0.05) is 35.2 Å². The van der Waals surface area contributed by atoms with Gasteiger partial charge in [0, 0.05) is 6.54 Å². The number of rotatable bonds is 11. The first kappa shape index (κ1) is 15.7. The van der Waals surface area contributed by atoms with Crippen molar-refractivity contribution in [3.63, 3.8) is 0 Å². The average molecular weight is 321 g/mol. The summed E-state index contributed by atoms with van der Waals surface area (Å²) in [4.78, 5) is 2.21. The Bertz CT molecular complexity index is 127. The molecule has 15 heavy (non-hydrogen) atoms. The highest BCUT2D eigenvalue weighted by atomic mass is 127. The van der Waals surface area contributed by atoms with Crippen LogP contribution in [0.1, 0.15) is 0 Å². The lowest BCUT2D eigenvalue weighted by molar-refractivity contribution is 0.0566. The van der Waals surface area contributed by atoms with Crippen LogP contribution >= 0.6 is 22.6 Å². The van der Waals surface area contributed by atoms with Gasteiger partial charge in [0.15, 0.2) is 0 Å². The van der Waals surface area contributed by atoms with Crippen LogP contribution in [0, 0.1) is 0 Å². The van der Waals surface area contributed by atoms with Crippen molar-refractivity contribution in [2.24, 2.45) is 0 Å². The van der Waals surface area contributed by atoms with E-state index in [0.29, 0.717) is 37.1 Å². The van der Waals surface area contributed by atoms with Gasteiger partial charge in [-0.2, -0.15) is 0 Å². The van der Waals surface area contributed by atoms with E-state index in [1.54, 1.807) is 0 Å². The summed E-state index contributed by atoms with van der Waals surface area (Å²) in [5.74, 6) is 0. The van der Waals surface area contributed by atoms with Crippen LogP contribution in [0.3, 0.4) is 0 Å². The molecule has 0 aromatic carbocycles. The second kappa shape index (κ2) is 12.8. The van der Waals surface area contributed by atoms with Crippen LogP contribution in [0.4, 0.5) is 0 Å². The van der Waals surface area contributed by atoms with Crippen molar-refractivity contribution in [3.8, 4) is 0 Å². The van der Waals surface area contributed by atoms with Crippen molar-refractivity contribution in [2.45, 2.75) is 12.6 Å². The molecule has 6 heteroatoms. The van der Waals surface area contributed by atoms with Crippen molar-refractivity contribution in [1.82, 2.24) is 4.90 Å². The molecule has 0 spiro atoms. The molecule has 0 saturated heterocycles. The number of nitrogens with zero attached hydrogens (tertiary/aromatic N) is 1. The Morgan fingerprint density at radius 3 is 2.00 bits per heavy atom. The molecule has 84 valence electrons. The van der Waals surface area contributed by atoms with Crippen LogP contribution in [-0.4, -0.2) is 64.7 Å². The Hall–Kier alpha value is 0.740. The molecule has 0 unspecified atom stereocenters. The normalized spacial score (nSPS) is 11.1. The summed E-state index contributed by atoms with van der Waals surface area (Å²) in [7, 11) is 11.0. The molecular formula is C9H18B2INO2. The maximum absolute atomic E-state index is 5.49. The van der Waals surface area contributed by atoms with Gasteiger partial charge < -0.3 is 14.4 Å². The minimum Gasteiger partial charge on any atom is -0.378 e. The molecule has 0 aromatic rings. The Kier molecular flexibility index (Phi) is 13.4. The third-order valence-corrected chi connectivity index (χ3v) is 2.33. The van der Waals surface area contributed by atoms with E-state index in [1.807, 2.05) is 0 Å². The molecule has 0 fully saturated rings. The minimum absolute atomic E-state index is 0.655. The van der Waals surface area contributed by atoms with Crippen molar-refractivity contribution in [3.05, 3.63) is 0 Å². The zero-order chi connectivity index (χ0) is 11.4. The highest BCUT2D eigenvalue weighted by Crippen LogP contribution is 1.93. The first-order valence-electron chi connectivity index (χ1n) is 5.19. The van der Waals surface area contributed by atoms with Gasteiger partial charge in [-0.3, -0.25) is 0 Å². The quantitative estimate of drug-likeness (QED) is 0.244. The smallest absolute Gasteiger partial charge is 0.0980 e. The largest absolute Gasteiger partial charge is 0.378 e. The first-order valence-corrected chi connectivity index (χ1v) is 6.71. The number of ether oxygens (including phenoxy) is 2. The molecule has 0 aliphatic heterocycles. The van der Waals surface area contributed by atoms with E-state index in [1.165, 1.54) is 0 Å². The zero-order valence-electron chi connectivity index (χ0n) is 9.16. The number of hydrogen-bond donors (Lipinski definition) is 0. The van der Waals surface area contributed by atoms with E-state index >= 15 is 0 Å². The first-order chi connectivity index (χ1) is 7.35. The molecule has 0 amide bonds. The zero-order valence-corrected chi connectivity index (χ0v) is 11.3. The molecule has 4 radical (unpaired) electrons. The standard InChI is InChI=1S/C9H18B2INO2/c10-1-3-13(4-2-11)5-6-14-7-8-15-9-12/h1-9H2. The molecule has 0 heterocycles. The van der Waals surface area contributed by atoms with E-state index in [4.69, 9.17) is 25.2 Å². The summed E-state index contributed by atoms with van der Waals surface area (Å²) in [5.41, 5.74) is 0. The topological polar surface area (TPSA) is 21.7 Å².